The molecule has 6 heavy (non-hydrogen) atoms. The summed E-state index contributed by atoms with van der Waals surface area (Å²) in [5, 5.41) is 0. The smallest absolute Gasteiger partial charge is 0.0572 e. The molecule has 0 atom stereocenters. The van der Waals surface area contributed by atoms with Gasteiger partial charge in [0.15, 0.2) is 0 Å². The van der Waals surface area contributed by atoms with E-state index >= 15 is 0 Å². The summed E-state index contributed by atoms with van der Waals surface area (Å²) in [5.41, 5.74) is 0. The van der Waals surface area contributed by atoms with Gasteiger partial charge in [0.05, 0.1) is 2.74 Å². The zero-order valence-corrected chi connectivity index (χ0v) is 4.41. The molecule has 0 spiro atoms. The first-order chi connectivity index (χ1) is 3.72. The Morgan fingerprint density at radius 3 is 1.83 bits per heavy atom. The minimum atomic E-state index is 0.465. The summed E-state index contributed by atoms with van der Waals surface area (Å²) in [6.07, 6.45) is 1.37. The Morgan fingerprint density at radius 2 is 1.67 bits per heavy atom. The van der Waals surface area contributed by atoms with Gasteiger partial charge < -0.3 is 0 Å². The van der Waals surface area contributed by atoms with Crippen molar-refractivity contribution >= 4 is 0 Å². The van der Waals surface area contributed by atoms with Crippen molar-refractivity contribution in [2.45, 2.75) is 26.7 Å². The molecule has 0 saturated heterocycles. The number of rotatable bonds is 2. The highest BCUT2D eigenvalue weighted by atomic mass is 13.7. The minimum absolute atomic E-state index is 0.465. The first-order valence-electron chi connectivity index (χ1n) is 3.37. The van der Waals surface area contributed by atoms with E-state index in [0.29, 0.717) is 24.9 Å². The van der Waals surface area contributed by atoms with Gasteiger partial charge in [-0.05, 0) is 12.8 Å². The summed E-state index contributed by atoms with van der Waals surface area (Å²) in [7, 11) is 0. The average Bonchev–Trinajstić information content (AvgIpc) is 1.84. The molecule has 0 aromatic heterocycles. The van der Waals surface area contributed by atoms with Gasteiger partial charge in [0.25, 0.3) is 0 Å². The van der Waals surface area contributed by atoms with Crippen LogP contribution in [0.5, 0.6) is 0 Å². The Balaban J connectivity index is 3.83. The lowest BCUT2D eigenvalue weighted by Gasteiger charge is -1.72. The van der Waals surface area contributed by atoms with Crippen molar-refractivity contribution in [2.24, 2.45) is 0 Å². The molecule has 0 fully saturated rings. The molecule has 0 nitrogen and oxygen atoms in total. The quantitative estimate of drug-likeness (QED) is 0.452. The Hall–Kier alpha value is -0.260. The Morgan fingerprint density at radius 1 is 1.33 bits per heavy atom. The van der Waals surface area contributed by atoms with Gasteiger partial charge in [-0.2, -0.15) is 0 Å². The summed E-state index contributed by atoms with van der Waals surface area (Å²) in [6, 6.07) is 0.931. The topological polar surface area (TPSA) is 0 Å². The van der Waals surface area contributed by atoms with Crippen LogP contribution in [0.3, 0.4) is 0 Å². The van der Waals surface area contributed by atoms with Crippen LogP contribution >= 0.6 is 0 Å². The molecule has 0 unspecified atom stereocenters. The lowest BCUT2D eigenvalue weighted by Crippen LogP contribution is -1.51. The fraction of sp³-hybridized carbons (Fsp3) is 0.667. The maximum atomic E-state index is 7.12. The van der Waals surface area contributed by atoms with Gasteiger partial charge in [0.2, 0.25) is 0 Å². The predicted molar refractivity (Wildman–Crippen MR) is 29.7 cm³/mol. The molecule has 0 N–H and O–H groups in total. The van der Waals surface area contributed by atoms with Crippen molar-refractivity contribution in [3.63, 3.8) is 0 Å². The van der Waals surface area contributed by atoms with Gasteiger partial charge in [0, 0.05) is 0 Å². The number of hydrogen-bond acceptors (Lipinski definition) is 0. The van der Waals surface area contributed by atoms with E-state index in [2.05, 4.69) is 0 Å². The first-order valence-corrected chi connectivity index (χ1v) is 2.37. The van der Waals surface area contributed by atoms with E-state index in [1.54, 1.807) is 0 Å². The van der Waals surface area contributed by atoms with Crippen LogP contribution in [0.2, 0.25) is 0 Å². The van der Waals surface area contributed by atoms with Gasteiger partial charge >= 0.3 is 0 Å². The van der Waals surface area contributed by atoms with Crippen LogP contribution in [0, 0.1) is 0 Å². The second-order valence-corrected chi connectivity index (χ2v) is 1.06. The molecule has 0 aromatic rings. The maximum Gasteiger partial charge on any atom is 0.0572 e. The standard InChI is InChI=1S/C6H12/c1-3-5-6-4-2/h5-6H,3-4H2,1-2H3/i5D,6D. The molecular weight excluding hydrogens is 72.1 g/mol. The third-order valence-electron chi connectivity index (χ3n) is 0.479. The van der Waals surface area contributed by atoms with E-state index in [1.807, 2.05) is 13.8 Å². The molecule has 0 heteroatoms. The van der Waals surface area contributed by atoms with Crippen LogP contribution in [0.25, 0.3) is 0 Å². The van der Waals surface area contributed by atoms with Gasteiger partial charge in [-0.1, -0.05) is 26.0 Å². The Kier molecular flexibility index (Phi) is 2.24. The third-order valence-corrected chi connectivity index (χ3v) is 0.479. The minimum Gasteiger partial charge on any atom is -0.0888 e. The molecule has 0 heterocycles. The lowest BCUT2D eigenvalue weighted by atomic mass is 10.4. The zero-order valence-electron chi connectivity index (χ0n) is 6.41. The molecule has 0 aromatic carbocycles. The second-order valence-electron chi connectivity index (χ2n) is 1.06. The van der Waals surface area contributed by atoms with E-state index in [-0.39, 0.29) is 0 Å². The zero-order chi connectivity index (χ0) is 6.57. The summed E-state index contributed by atoms with van der Waals surface area (Å²) >= 11 is 0. The molecule has 0 aliphatic carbocycles. The van der Waals surface area contributed by atoms with Crippen molar-refractivity contribution in [1.29, 1.82) is 0 Å². The number of allylic oxidation sites excluding steroid dienone is 2. The first kappa shape index (κ1) is 2.84. The van der Waals surface area contributed by atoms with Crippen molar-refractivity contribution in [3.05, 3.63) is 12.1 Å². The Labute approximate surface area is 42.7 Å². The normalized spacial score (nSPS) is 18.3. The van der Waals surface area contributed by atoms with E-state index in [9.17, 15) is 0 Å². The highest BCUT2D eigenvalue weighted by Crippen LogP contribution is 1.81. The summed E-state index contributed by atoms with van der Waals surface area (Å²) < 4.78 is 14.2. The lowest BCUT2D eigenvalue weighted by molar-refractivity contribution is 1.16. The molecule has 0 saturated carbocycles. The summed E-state index contributed by atoms with van der Waals surface area (Å²) in [6.45, 7) is 3.79. The second kappa shape index (κ2) is 4.74. The van der Waals surface area contributed by atoms with Crippen LogP contribution in [0.4, 0.5) is 0 Å². The van der Waals surface area contributed by atoms with E-state index in [0.717, 1.165) is 0 Å². The molecule has 0 radical (unpaired) electrons. The van der Waals surface area contributed by atoms with Gasteiger partial charge in [-0.15, -0.1) is 0 Å². The molecule has 0 aliphatic heterocycles. The molecule has 36 valence electrons. The highest BCUT2D eigenvalue weighted by molar-refractivity contribution is 4.77. The summed E-state index contributed by atoms with van der Waals surface area (Å²) in [5.74, 6) is 0. The van der Waals surface area contributed by atoms with E-state index < -0.39 is 0 Å². The van der Waals surface area contributed by atoms with Crippen molar-refractivity contribution in [2.75, 3.05) is 0 Å². The van der Waals surface area contributed by atoms with Gasteiger partial charge in [-0.25, -0.2) is 0 Å². The number of hydrogen-bond donors (Lipinski definition) is 0. The van der Waals surface area contributed by atoms with Crippen molar-refractivity contribution in [3.8, 4) is 0 Å². The molecule has 0 aliphatic rings. The molecule has 0 rings (SSSR count). The van der Waals surface area contributed by atoms with Crippen LogP contribution in [0.1, 0.15) is 29.4 Å². The fourth-order valence-corrected chi connectivity index (χ4v) is 0.250. The highest BCUT2D eigenvalue weighted by Gasteiger charge is 1.60. The van der Waals surface area contributed by atoms with Crippen molar-refractivity contribution < 1.29 is 2.74 Å². The molecule has 0 amide bonds. The SMILES string of the molecule is [2H]C(CC)=C([2H])CC. The van der Waals surface area contributed by atoms with Gasteiger partial charge in [-0.3, -0.25) is 0 Å². The monoisotopic (exact) mass is 86.1 g/mol. The van der Waals surface area contributed by atoms with Crippen LogP contribution in [0.15, 0.2) is 12.1 Å². The summed E-state index contributed by atoms with van der Waals surface area (Å²) in [4.78, 5) is 0. The van der Waals surface area contributed by atoms with E-state index in [4.69, 9.17) is 2.74 Å². The predicted octanol–water partition coefficient (Wildman–Crippen LogP) is 2.36. The Bertz CT molecular complexity index is 82.7. The average molecular weight is 86.2 g/mol. The fourth-order valence-electron chi connectivity index (χ4n) is 0.250. The van der Waals surface area contributed by atoms with Crippen LogP contribution < -0.4 is 0 Å². The van der Waals surface area contributed by atoms with Crippen LogP contribution in [-0.2, 0) is 0 Å². The molecule has 0 bridgehead atoms. The van der Waals surface area contributed by atoms with Crippen molar-refractivity contribution in [1.82, 2.24) is 0 Å². The van der Waals surface area contributed by atoms with E-state index in [1.165, 1.54) is 0 Å². The van der Waals surface area contributed by atoms with Crippen LogP contribution in [-0.4, -0.2) is 0 Å². The molecular formula is C6H12. The third kappa shape index (κ3) is 3.74. The van der Waals surface area contributed by atoms with Gasteiger partial charge in [0.1, 0.15) is 0 Å². The maximum absolute atomic E-state index is 7.12. The largest absolute Gasteiger partial charge is 0.0888 e.